The second-order valence-corrected chi connectivity index (χ2v) is 13.2. The first-order valence-electron chi connectivity index (χ1n) is 14.4. The quantitative estimate of drug-likeness (QED) is 0.355. The molecule has 0 unspecified atom stereocenters. The molecule has 7 nitrogen and oxygen atoms in total. The lowest BCUT2D eigenvalue weighted by atomic mass is 9.44. The number of aliphatic hydroxyl groups is 1. The van der Waals surface area contributed by atoms with Crippen LogP contribution in [-0.2, 0) is 14.4 Å². The van der Waals surface area contributed by atoms with Gasteiger partial charge in [0.2, 0.25) is 5.91 Å². The maximum absolute atomic E-state index is 12.5. The van der Waals surface area contributed by atoms with E-state index in [1.54, 1.807) is 0 Å². The molecule has 4 aliphatic carbocycles. The molecular weight excluding hydrogens is 458 g/mol. The zero-order chi connectivity index (χ0) is 26.3. The molecule has 4 fully saturated rings. The molecule has 0 spiro atoms. The minimum absolute atomic E-state index is 0.102. The summed E-state index contributed by atoms with van der Waals surface area (Å²) in [5.41, 5.74) is 0.687. The van der Waals surface area contributed by atoms with Gasteiger partial charge >= 0.3 is 11.9 Å². The van der Waals surface area contributed by atoms with E-state index in [1.807, 2.05) is 0 Å². The Hall–Kier alpha value is -1.63. The van der Waals surface area contributed by atoms with E-state index in [-0.39, 0.29) is 31.3 Å². The van der Waals surface area contributed by atoms with Crippen molar-refractivity contribution >= 4 is 17.8 Å². The van der Waals surface area contributed by atoms with Gasteiger partial charge in [-0.25, -0.2) is 4.79 Å². The summed E-state index contributed by atoms with van der Waals surface area (Å²) in [7, 11) is 0. The Morgan fingerprint density at radius 2 is 1.58 bits per heavy atom. The molecule has 0 bridgehead atoms. The zero-order valence-electron chi connectivity index (χ0n) is 22.4. The van der Waals surface area contributed by atoms with Gasteiger partial charge in [0.15, 0.2) is 0 Å². The molecule has 10 atom stereocenters. The Morgan fingerprint density at radius 1 is 0.889 bits per heavy atom. The monoisotopic (exact) mass is 505 g/mol. The van der Waals surface area contributed by atoms with E-state index in [0.717, 1.165) is 37.0 Å². The average molecular weight is 506 g/mol. The standard InChI is InChI=1S/C29H47NO6/c1-17(4-10-25(32)30-24(27(35)36)9-11-26(33)34)21-7-8-22-20-6-5-18-16-19(31)12-14-28(18,2)23(20)13-15-29(21,22)3/h17-24,31H,4-16H2,1-3H3,(H,30,32)(H,33,34)(H,35,36)/t17-,18-,19-,20+,21-,22+,23+,24+,28+,29-/m1/s1. The predicted molar refractivity (Wildman–Crippen MR) is 136 cm³/mol. The maximum atomic E-state index is 12.5. The summed E-state index contributed by atoms with van der Waals surface area (Å²) in [5, 5.41) is 31.0. The normalized spacial score (nSPS) is 41.3. The van der Waals surface area contributed by atoms with Crippen LogP contribution in [0.25, 0.3) is 0 Å². The van der Waals surface area contributed by atoms with Crippen molar-refractivity contribution in [3.05, 3.63) is 0 Å². The Bertz CT molecular complexity index is 846. The van der Waals surface area contributed by atoms with Gasteiger partial charge in [-0.3, -0.25) is 9.59 Å². The van der Waals surface area contributed by atoms with Gasteiger partial charge < -0.3 is 20.6 Å². The Kier molecular flexibility index (Phi) is 8.09. The Balaban J connectivity index is 1.34. The molecule has 0 aromatic rings. The van der Waals surface area contributed by atoms with Gasteiger partial charge in [0, 0.05) is 12.8 Å². The zero-order valence-corrected chi connectivity index (χ0v) is 22.4. The molecule has 7 heteroatoms. The van der Waals surface area contributed by atoms with Crippen LogP contribution in [0.2, 0.25) is 0 Å². The summed E-state index contributed by atoms with van der Waals surface area (Å²) in [6.45, 7) is 7.29. The van der Waals surface area contributed by atoms with Crippen molar-refractivity contribution in [2.75, 3.05) is 0 Å². The number of nitrogens with one attached hydrogen (secondary N) is 1. The summed E-state index contributed by atoms with van der Waals surface area (Å²) in [6, 6.07) is -1.15. The third-order valence-corrected chi connectivity index (χ3v) is 11.5. The van der Waals surface area contributed by atoms with Gasteiger partial charge in [0.25, 0.3) is 0 Å². The molecule has 0 saturated heterocycles. The van der Waals surface area contributed by atoms with Crippen molar-refractivity contribution in [3.8, 4) is 0 Å². The van der Waals surface area contributed by atoms with Crippen LogP contribution >= 0.6 is 0 Å². The molecule has 36 heavy (non-hydrogen) atoms. The lowest BCUT2D eigenvalue weighted by Crippen LogP contribution is -2.54. The van der Waals surface area contributed by atoms with Gasteiger partial charge in [-0.2, -0.15) is 0 Å². The SMILES string of the molecule is C[C@H](CCC(=O)N[C@@H](CCC(=O)O)C(=O)O)[C@H]1CC[C@H]2[C@@H]3CC[C@@H]4C[C@H](O)CC[C@]4(C)[C@H]3CC[C@]12C. The van der Waals surface area contributed by atoms with Crippen LogP contribution in [0.5, 0.6) is 0 Å². The number of carboxylic acid groups (broad SMARTS) is 2. The highest BCUT2D eigenvalue weighted by Crippen LogP contribution is 2.68. The predicted octanol–water partition coefficient (Wildman–Crippen LogP) is 4.86. The number of carbonyl (C=O) groups excluding carboxylic acids is 1. The summed E-state index contributed by atoms with van der Waals surface area (Å²) in [6.07, 6.45) is 11.2. The largest absolute Gasteiger partial charge is 0.481 e. The highest BCUT2D eigenvalue weighted by molar-refractivity contribution is 5.83. The summed E-state index contributed by atoms with van der Waals surface area (Å²) < 4.78 is 0. The van der Waals surface area contributed by atoms with E-state index < -0.39 is 18.0 Å². The van der Waals surface area contributed by atoms with Crippen LogP contribution in [0.1, 0.15) is 104 Å². The molecule has 0 heterocycles. The van der Waals surface area contributed by atoms with E-state index in [4.69, 9.17) is 5.11 Å². The lowest BCUT2D eigenvalue weighted by molar-refractivity contribution is -0.143. The summed E-state index contributed by atoms with van der Waals surface area (Å²) in [5.74, 6) is 1.41. The second-order valence-electron chi connectivity index (χ2n) is 13.2. The topological polar surface area (TPSA) is 124 Å². The van der Waals surface area contributed by atoms with Gasteiger partial charge in [0.05, 0.1) is 6.10 Å². The number of hydrogen-bond acceptors (Lipinski definition) is 4. The third-order valence-electron chi connectivity index (χ3n) is 11.5. The molecule has 1 amide bonds. The van der Waals surface area contributed by atoms with Crippen LogP contribution in [0.3, 0.4) is 0 Å². The van der Waals surface area contributed by atoms with Crippen LogP contribution in [0.15, 0.2) is 0 Å². The highest BCUT2D eigenvalue weighted by Gasteiger charge is 2.60. The van der Waals surface area contributed by atoms with Crippen molar-refractivity contribution in [2.45, 2.75) is 116 Å². The molecule has 0 aromatic carbocycles. The van der Waals surface area contributed by atoms with Crippen LogP contribution in [0.4, 0.5) is 0 Å². The smallest absolute Gasteiger partial charge is 0.326 e. The van der Waals surface area contributed by atoms with Crippen molar-refractivity contribution in [3.63, 3.8) is 0 Å². The minimum atomic E-state index is -1.18. The number of amides is 1. The second kappa shape index (κ2) is 10.6. The molecule has 204 valence electrons. The van der Waals surface area contributed by atoms with Crippen molar-refractivity contribution < 1.29 is 29.7 Å². The average Bonchev–Trinajstić information content (AvgIpc) is 3.17. The number of hydrogen-bond donors (Lipinski definition) is 4. The number of carboxylic acids is 2. The number of aliphatic hydroxyl groups excluding tert-OH is 1. The van der Waals surface area contributed by atoms with Gasteiger partial charge in [-0.05, 0) is 117 Å². The van der Waals surface area contributed by atoms with Crippen molar-refractivity contribution in [1.29, 1.82) is 0 Å². The number of fused-ring (bicyclic) bond motifs is 5. The molecule has 4 aliphatic rings. The van der Waals surface area contributed by atoms with Crippen LogP contribution in [0, 0.1) is 46.3 Å². The fraction of sp³-hybridized carbons (Fsp3) is 0.897. The Labute approximate surface area is 215 Å². The molecular formula is C29H47NO6. The van der Waals surface area contributed by atoms with Crippen molar-refractivity contribution in [1.82, 2.24) is 5.32 Å². The molecule has 4 rings (SSSR count). The molecule has 0 aliphatic heterocycles. The van der Waals surface area contributed by atoms with Crippen LogP contribution < -0.4 is 5.32 Å². The lowest BCUT2D eigenvalue weighted by Gasteiger charge is -2.61. The van der Waals surface area contributed by atoms with Gasteiger partial charge in [-0.15, -0.1) is 0 Å². The van der Waals surface area contributed by atoms with Crippen molar-refractivity contribution in [2.24, 2.45) is 46.3 Å². The molecule has 0 aromatic heterocycles. The Morgan fingerprint density at radius 3 is 2.28 bits per heavy atom. The first-order chi connectivity index (χ1) is 17.0. The van der Waals surface area contributed by atoms with E-state index in [9.17, 15) is 24.6 Å². The third kappa shape index (κ3) is 5.19. The first-order valence-corrected chi connectivity index (χ1v) is 14.4. The fourth-order valence-corrected chi connectivity index (χ4v) is 9.56. The van der Waals surface area contributed by atoms with Gasteiger partial charge in [-0.1, -0.05) is 20.8 Å². The van der Waals surface area contributed by atoms with Gasteiger partial charge in [0.1, 0.15) is 6.04 Å². The molecule has 4 N–H and O–H groups in total. The minimum Gasteiger partial charge on any atom is -0.481 e. The summed E-state index contributed by atoms with van der Waals surface area (Å²) >= 11 is 0. The van der Waals surface area contributed by atoms with Crippen LogP contribution in [-0.4, -0.2) is 45.3 Å². The van der Waals surface area contributed by atoms with E-state index in [2.05, 4.69) is 26.1 Å². The number of carbonyl (C=O) groups is 3. The summed E-state index contributed by atoms with van der Waals surface area (Å²) in [4.78, 5) is 34.7. The number of rotatable bonds is 9. The molecule has 0 radical (unpaired) electrons. The molecule has 4 saturated carbocycles. The highest BCUT2D eigenvalue weighted by atomic mass is 16.4. The van der Waals surface area contributed by atoms with E-state index in [1.165, 1.54) is 44.9 Å². The number of aliphatic carboxylic acids is 2. The van der Waals surface area contributed by atoms with E-state index >= 15 is 0 Å². The maximum Gasteiger partial charge on any atom is 0.326 e. The fourth-order valence-electron chi connectivity index (χ4n) is 9.56. The first kappa shape index (κ1) is 27.4. The van der Waals surface area contributed by atoms with E-state index in [0.29, 0.717) is 28.6 Å².